The molecule has 0 unspecified atom stereocenters. The van der Waals surface area contributed by atoms with Crippen molar-refractivity contribution in [2.75, 3.05) is 26.8 Å². The monoisotopic (exact) mass is 509 g/mol. The van der Waals surface area contributed by atoms with Crippen LogP contribution in [0.3, 0.4) is 0 Å². The minimum atomic E-state index is 0. The summed E-state index contributed by atoms with van der Waals surface area (Å²) in [5, 5.41) is 6.87. The molecule has 2 rings (SSSR count). The van der Waals surface area contributed by atoms with E-state index >= 15 is 0 Å². The Morgan fingerprint density at radius 2 is 1.96 bits per heavy atom. The van der Waals surface area contributed by atoms with E-state index < -0.39 is 0 Å². The molecule has 1 aliphatic carbocycles. The molecule has 24 heavy (non-hydrogen) atoms. The minimum absolute atomic E-state index is 0. The predicted molar refractivity (Wildman–Crippen MR) is 115 cm³/mol. The quantitative estimate of drug-likeness (QED) is 0.311. The number of hydrogen-bond donors (Lipinski definition) is 2. The van der Waals surface area contributed by atoms with Gasteiger partial charge in [0, 0.05) is 31.3 Å². The molecule has 0 spiro atoms. The lowest BCUT2D eigenvalue weighted by atomic mass is 9.67. The molecule has 1 aliphatic rings. The second-order valence-electron chi connectivity index (χ2n) is 6.27. The average Bonchev–Trinajstić information content (AvgIpc) is 2.52. The van der Waals surface area contributed by atoms with Gasteiger partial charge in [-0.1, -0.05) is 34.5 Å². The van der Waals surface area contributed by atoms with E-state index in [1.165, 1.54) is 24.8 Å². The number of benzene rings is 1. The molecule has 0 atom stereocenters. The normalized spacial score (nSPS) is 16.0. The lowest BCUT2D eigenvalue weighted by Crippen LogP contribution is -2.46. The van der Waals surface area contributed by atoms with Crippen molar-refractivity contribution in [3.8, 4) is 0 Å². The van der Waals surface area contributed by atoms with Crippen LogP contribution in [0.4, 0.5) is 0 Å². The minimum Gasteiger partial charge on any atom is -0.385 e. The molecule has 1 aromatic rings. The van der Waals surface area contributed by atoms with E-state index in [9.17, 15) is 0 Å². The summed E-state index contributed by atoms with van der Waals surface area (Å²) >= 11 is 3.46. The standard InChI is InChI=1S/C18H28BrN3O.HI/c1-3-20-17(21-13-15-5-7-16(19)8-6-15)22-14-18(9-4-10-18)11-12-23-2;/h5-8H,3-4,9-14H2,1-2H3,(H2,20,21,22);1H. The van der Waals surface area contributed by atoms with Crippen molar-refractivity contribution >= 4 is 45.9 Å². The van der Waals surface area contributed by atoms with Gasteiger partial charge in [0.1, 0.15) is 0 Å². The summed E-state index contributed by atoms with van der Waals surface area (Å²) in [5.41, 5.74) is 1.60. The maximum atomic E-state index is 5.27. The summed E-state index contributed by atoms with van der Waals surface area (Å²) in [6.07, 6.45) is 5.03. The predicted octanol–water partition coefficient (Wildman–Crippen LogP) is 4.33. The van der Waals surface area contributed by atoms with Crippen molar-refractivity contribution in [1.29, 1.82) is 0 Å². The second kappa shape index (κ2) is 11.3. The first kappa shape index (κ1) is 21.7. The van der Waals surface area contributed by atoms with Crippen molar-refractivity contribution in [2.45, 2.75) is 39.2 Å². The number of nitrogens with one attached hydrogen (secondary N) is 2. The first-order chi connectivity index (χ1) is 11.2. The van der Waals surface area contributed by atoms with Gasteiger partial charge < -0.3 is 15.4 Å². The number of rotatable bonds is 8. The molecule has 0 amide bonds. The highest BCUT2D eigenvalue weighted by molar-refractivity contribution is 14.0. The van der Waals surface area contributed by atoms with Crippen LogP contribution < -0.4 is 10.6 Å². The zero-order valence-electron chi connectivity index (χ0n) is 14.6. The molecule has 0 aliphatic heterocycles. The molecule has 1 fully saturated rings. The van der Waals surface area contributed by atoms with Crippen LogP contribution in [0.15, 0.2) is 33.7 Å². The van der Waals surface area contributed by atoms with Crippen LogP contribution in [0.1, 0.15) is 38.2 Å². The van der Waals surface area contributed by atoms with E-state index in [0.717, 1.165) is 36.5 Å². The number of aliphatic imine (C=N–C) groups is 1. The smallest absolute Gasteiger partial charge is 0.191 e. The Kier molecular flexibility index (Phi) is 10.2. The molecule has 6 heteroatoms. The summed E-state index contributed by atoms with van der Waals surface area (Å²) in [7, 11) is 1.78. The van der Waals surface area contributed by atoms with Crippen LogP contribution in [0, 0.1) is 5.41 Å². The van der Waals surface area contributed by atoms with Crippen molar-refractivity contribution in [2.24, 2.45) is 10.4 Å². The fourth-order valence-corrected chi connectivity index (χ4v) is 3.15. The molecule has 1 aromatic carbocycles. The summed E-state index contributed by atoms with van der Waals surface area (Å²) in [4.78, 5) is 4.70. The van der Waals surface area contributed by atoms with Crippen molar-refractivity contribution < 1.29 is 4.74 Å². The molecule has 0 heterocycles. The zero-order chi connectivity index (χ0) is 16.5. The van der Waals surface area contributed by atoms with Crippen molar-refractivity contribution in [3.63, 3.8) is 0 Å². The van der Waals surface area contributed by atoms with Gasteiger partial charge in [0.15, 0.2) is 5.96 Å². The van der Waals surface area contributed by atoms with Crippen LogP contribution in [0.5, 0.6) is 0 Å². The fourth-order valence-electron chi connectivity index (χ4n) is 2.88. The van der Waals surface area contributed by atoms with Crippen LogP contribution in [-0.4, -0.2) is 32.8 Å². The Morgan fingerprint density at radius 3 is 2.50 bits per heavy atom. The maximum Gasteiger partial charge on any atom is 0.191 e. The van der Waals surface area contributed by atoms with Crippen LogP contribution in [0.2, 0.25) is 0 Å². The molecule has 0 saturated heterocycles. The number of ether oxygens (including phenoxy) is 1. The number of guanidine groups is 1. The lowest BCUT2D eigenvalue weighted by molar-refractivity contribution is 0.0732. The molecule has 4 nitrogen and oxygen atoms in total. The third-order valence-electron chi connectivity index (χ3n) is 4.56. The van der Waals surface area contributed by atoms with Crippen LogP contribution in [0.25, 0.3) is 0 Å². The molecule has 1 saturated carbocycles. The van der Waals surface area contributed by atoms with Gasteiger partial charge in [-0.15, -0.1) is 24.0 Å². The molecule has 0 bridgehead atoms. The summed E-state index contributed by atoms with van der Waals surface area (Å²) in [6, 6.07) is 8.31. The Morgan fingerprint density at radius 1 is 1.25 bits per heavy atom. The Balaban J connectivity index is 0.00000288. The van der Waals surface area contributed by atoms with Gasteiger partial charge in [-0.05, 0) is 49.3 Å². The molecule has 136 valence electrons. The van der Waals surface area contributed by atoms with Crippen LogP contribution in [-0.2, 0) is 11.3 Å². The van der Waals surface area contributed by atoms with Gasteiger partial charge in [-0.3, -0.25) is 0 Å². The molecule has 0 aromatic heterocycles. The van der Waals surface area contributed by atoms with E-state index in [1.54, 1.807) is 7.11 Å². The maximum absolute atomic E-state index is 5.27. The highest BCUT2D eigenvalue weighted by Gasteiger charge is 2.36. The zero-order valence-corrected chi connectivity index (χ0v) is 18.5. The number of methoxy groups -OCH3 is 1. The first-order valence-electron chi connectivity index (χ1n) is 8.43. The van der Waals surface area contributed by atoms with Gasteiger partial charge in [-0.25, -0.2) is 4.99 Å². The number of hydrogen-bond acceptors (Lipinski definition) is 2. The van der Waals surface area contributed by atoms with Gasteiger partial charge in [0.25, 0.3) is 0 Å². The van der Waals surface area contributed by atoms with Crippen molar-refractivity contribution in [3.05, 3.63) is 34.3 Å². The third kappa shape index (κ3) is 6.88. The van der Waals surface area contributed by atoms with Gasteiger partial charge in [0.2, 0.25) is 0 Å². The molecule has 0 radical (unpaired) electrons. The van der Waals surface area contributed by atoms with E-state index in [1.807, 2.05) is 0 Å². The molecule has 2 N–H and O–H groups in total. The Bertz CT molecular complexity index is 503. The third-order valence-corrected chi connectivity index (χ3v) is 5.09. The molecular weight excluding hydrogens is 481 g/mol. The summed E-state index contributed by atoms with van der Waals surface area (Å²) < 4.78 is 6.36. The highest BCUT2D eigenvalue weighted by Crippen LogP contribution is 2.43. The van der Waals surface area contributed by atoms with Gasteiger partial charge >= 0.3 is 0 Å². The lowest BCUT2D eigenvalue weighted by Gasteiger charge is -2.42. The second-order valence-corrected chi connectivity index (χ2v) is 7.19. The average molecular weight is 510 g/mol. The van der Waals surface area contributed by atoms with Crippen LogP contribution >= 0.6 is 39.9 Å². The molecular formula is C18H29BrIN3O. The first-order valence-corrected chi connectivity index (χ1v) is 9.22. The van der Waals surface area contributed by atoms with Gasteiger partial charge in [0.05, 0.1) is 6.54 Å². The topological polar surface area (TPSA) is 45.7 Å². The van der Waals surface area contributed by atoms with E-state index in [-0.39, 0.29) is 24.0 Å². The van der Waals surface area contributed by atoms with E-state index in [4.69, 9.17) is 9.73 Å². The Hall–Kier alpha value is -0.340. The summed E-state index contributed by atoms with van der Waals surface area (Å²) in [5.74, 6) is 0.902. The number of halogens is 2. The van der Waals surface area contributed by atoms with E-state index in [2.05, 4.69) is 57.8 Å². The SMILES string of the molecule is CCNC(=NCc1ccc(Br)cc1)NCC1(CCOC)CCC1.I. The highest BCUT2D eigenvalue weighted by atomic mass is 127. The van der Waals surface area contributed by atoms with Crippen molar-refractivity contribution in [1.82, 2.24) is 10.6 Å². The van der Waals surface area contributed by atoms with E-state index in [0.29, 0.717) is 12.0 Å². The Labute approximate surface area is 171 Å². The summed E-state index contributed by atoms with van der Waals surface area (Å²) in [6.45, 7) is 5.47. The number of nitrogens with zero attached hydrogens (tertiary/aromatic N) is 1. The van der Waals surface area contributed by atoms with Gasteiger partial charge in [-0.2, -0.15) is 0 Å². The fraction of sp³-hybridized carbons (Fsp3) is 0.611. The largest absolute Gasteiger partial charge is 0.385 e.